The van der Waals surface area contributed by atoms with Crippen LogP contribution in [0.5, 0.6) is 0 Å². The zero-order valence-electron chi connectivity index (χ0n) is 10.2. The van der Waals surface area contributed by atoms with Gasteiger partial charge in [-0.05, 0) is 67.2 Å². The summed E-state index contributed by atoms with van der Waals surface area (Å²) in [5.41, 5.74) is 7.98. The first-order valence-electron chi connectivity index (χ1n) is 6.66. The van der Waals surface area contributed by atoms with Crippen LogP contribution in [0.2, 0.25) is 0 Å². The maximum absolute atomic E-state index is 6.13. The molecule has 0 radical (unpaired) electrons. The predicted molar refractivity (Wildman–Crippen MR) is 74.8 cm³/mol. The minimum absolute atomic E-state index is 0.406. The molecular weight excluding hydrogens is 274 g/mol. The SMILES string of the molecule is NCC1(Cc2cccc(Br)c2)CC2CCC1C2. The lowest BCUT2D eigenvalue weighted by atomic mass is 9.69. The van der Waals surface area contributed by atoms with Crippen LogP contribution in [0, 0.1) is 17.3 Å². The van der Waals surface area contributed by atoms with Crippen molar-refractivity contribution in [2.24, 2.45) is 23.0 Å². The van der Waals surface area contributed by atoms with E-state index in [0.717, 1.165) is 18.4 Å². The van der Waals surface area contributed by atoms with Gasteiger partial charge in [-0.15, -0.1) is 0 Å². The fourth-order valence-corrected chi connectivity index (χ4v) is 4.60. The van der Waals surface area contributed by atoms with E-state index < -0.39 is 0 Å². The smallest absolute Gasteiger partial charge is 0.0177 e. The quantitative estimate of drug-likeness (QED) is 0.902. The van der Waals surface area contributed by atoms with E-state index in [9.17, 15) is 0 Å². The van der Waals surface area contributed by atoms with E-state index >= 15 is 0 Å². The number of fused-ring (bicyclic) bond motifs is 2. The van der Waals surface area contributed by atoms with Crippen LogP contribution in [-0.2, 0) is 6.42 Å². The van der Waals surface area contributed by atoms with E-state index in [2.05, 4.69) is 40.2 Å². The van der Waals surface area contributed by atoms with Crippen molar-refractivity contribution in [2.75, 3.05) is 6.54 Å². The van der Waals surface area contributed by atoms with Crippen molar-refractivity contribution < 1.29 is 0 Å². The molecule has 3 unspecified atom stereocenters. The summed E-state index contributed by atoms with van der Waals surface area (Å²) < 4.78 is 1.19. The minimum Gasteiger partial charge on any atom is -0.330 e. The van der Waals surface area contributed by atoms with Gasteiger partial charge in [0.05, 0.1) is 0 Å². The second-order valence-electron chi connectivity index (χ2n) is 5.95. The van der Waals surface area contributed by atoms with Gasteiger partial charge in [-0.25, -0.2) is 0 Å². The number of benzene rings is 1. The summed E-state index contributed by atoms with van der Waals surface area (Å²) in [7, 11) is 0. The Bertz CT molecular complexity index is 417. The van der Waals surface area contributed by atoms with Gasteiger partial charge in [-0.1, -0.05) is 34.5 Å². The summed E-state index contributed by atoms with van der Waals surface area (Å²) in [6.07, 6.45) is 6.83. The summed E-state index contributed by atoms with van der Waals surface area (Å²) in [4.78, 5) is 0. The summed E-state index contributed by atoms with van der Waals surface area (Å²) in [6.45, 7) is 0.862. The first kappa shape index (κ1) is 11.7. The lowest BCUT2D eigenvalue weighted by Crippen LogP contribution is -2.37. The van der Waals surface area contributed by atoms with Crippen molar-refractivity contribution in [1.29, 1.82) is 0 Å². The van der Waals surface area contributed by atoms with Crippen molar-refractivity contribution in [1.82, 2.24) is 0 Å². The van der Waals surface area contributed by atoms with Crippen molar-refractivity contribution in [3.63, 3.8) is 0 Å². The van der Waals surface area contributed by atoms with Crippen LogP contribution in [0.25, 0.3) is 0 Å². The predicted octanol–water partition coefficient (Wildman–Crippen LogP) is 3.76. The average molecular weight is 294 g/mol. The molecule has 0 amide bonds. The van der Waals surface area contributed by atoms with Crippen LogP contribution in [0.1, 0.15) is 31.2 Å². The Morgan fingerprint density at radius 2 is 2.24 bits per heavy atom. The lowest BCUT2D eigenvalue weighted by molar-refractivity contribution is 0.171. The van der Waals surface area contributed by atoms with Crippen LogP contribution in [0.3, 0.4) is 0 Å². The van der Waals surface area contributed by atoms with Gasteiger partial charge in [-0.3, -0.25) is 0 Å². The molecule has 2 heteroatoms. The van der Waals surface area contributed by atoms with Crippen LogP contribution < -0.4 is 5.73 Å². The highest BCUT2D eigenvalue weighted by molar-refractivity contribution is 9.10. The molecule has 0 aromatic heterocycles. The lowest BCUT2D eigenvalue weighted by Gasteiger charge is -2.37. The van der Waals surface area contributed by atoms with E-state index in [-0.39, 0.29) is 0 Å². The third-order valence-electron chi connectivity index (χ3n) is 4.95. The van der Waals surface area contributed by atoms with Crippen molar-refractivity contribution in [3.8, 4) is 0 Å². The highest BCUT2D eigenvalue weighted by Crippen LogP contribution is 2.56. The summed E-state index contributed by atoms with van der Waals surface area (Å²) in [5.74, 6) is 1.85. The largest absolute Gasteiger partial charge is 0.330 e. The molecule has 2 N–H and O–H groups in total. The molecule has 1 aromatic rings. The summed E-state index contributed by atoms with van der Waals surface area (Å²) in [6, 6.07) is 8.73. The second kappa shape index (κ2) is 4.40. The molecule has 17 heavy (non-hydrogen) atoms. The molecule has 0 heterocycles. The van der Waals surface area contributed by atoms with Crippen LogP contribution >= 0.6 is 15.9 Å². The van der Waals surface area contributed by atoms with Gasteiger partial charge in [0.15, 0.2) is 0 Å². The van der Waals surface area contributed by atoms with E-state index in [1.54, 1.807) is 0 Å². The number of hydrogen-bond donors (Lipinski definition) is 1. The van der Waals surface area contributed by atoms with Gasteiger partial charge in [0.2, 0.25) is 0 Å². The molecule has 3 rings (SSSR count). The van der Waals surface area contributed by atoms with Gasteiger partial charge in [0, 0.05) is 4.47 Å². The number of hydrogen-bond acceptors (Lipinski definition) is 1. The molecule has 2 aliphatic rings. The van der Waals surface area contributed by atoms with Gasteiger partial charge in [-0.2, -0.15) is 0 Å². The minimum atomic E-state index is 0.406. The fourth-order valence-electron chi connectivity index (χ4n) is 4.15. The Morgan fingerprint density at radius 1 is 1.35 bits per heavy atom. The van der Waals surface area contributed by atoms with Crippen molar-refractivity contribution in [2.45, 2.75) is 32.1 Å². The molecule has 0 spiro atoms. The van der Waals surface area contributed by atoms with Crippen LogP contribution in [-0.4, -0.2) is 6.54 Å². The van der Waals surface area contributed by atoms with E-state index in [4.69, 9.17) is 5.73 Å². The molecule has 3 atom stereocenters. The monoisotopic (exact) mass is 293 g/mol. The fraction of sp³-hybridized carbons (Fsp3) is 0.600. The highest BCUT2D eigenvalue weighted by Gasteiger charge is 2.49. The van der Waals surface area contributed by atoms with E-state index in [1.165, 1.54) is 42.1 Å². The zero-order valence-corrected chi connectivity index (χ0v) is 11.7. The molecule has 0 aliphatic heterocycles. The Kier molecular flexibility index (Phi) is 3.04. The van der Waals surface area contributed by atoms with E-state index in [0.29, 0.717) is 5.41 Å². The third-order valence-corrected chi connectivity index (χ3v) is 5.45. The molecule has 2 bridgehead atoms. The number of halogens is 1. The van der Waals surface area contributed by atoms with Gasteiger partial charge in [0.25, 0.3) is 0 Å². The highest BCUT2D eigenvalue weighted by atomic mass is 79.9. The van der Waals surface area contributed by atoms with Crippen LogP contribution in [0.4, 0.5) is 0 Å². The standard InChI is InChI=1S/C15H20BrN/c16-14-3-1-2-11(7-14)8-15(10-17)9-12-4-5-13(15)6-12/h1-3,7,12-13H,4-6,8-10,17H2. The normalized spacial score (nSPS) is 35.4. The Labute approximate surface area is 112 Å². The summed E-state index contributed by atoms with van der Waals surface area (Å²) >= 11 is 3.56. The maximum atomic E-state index is 6.13. The molecule has 1 aromatic carbocycles. The zero-order chi connectivity index (χ0) is 11.9. The van der Waals surface area contributed by atoms with Crippen LogP contribution in [0.15, 0.2) is 28.7 Å². The van der Waals surface area contributed by atoms with E-state index in [1.807, 2.05) is 0 Å². The van der Waals surface area contributed by atoms with Gasteiger partial charge >= 0.3 is 0 Å². The van der Waals surface area contributed by atoms with Gasteiger partial charge < -0.3 is 5.73 Å². The number of rotatable bonds is 3. The van der Waals surface area contributed by atoms with Crippen molar-refractivity contribution >= 4 is 15.9 Å². The molecule has 2 saturated carbocycles. The topological polar surface area (TPSA) is 26.0 Å². The average Bonchev–Trinajstić information content (AvgIpc) is 2.89. The Hall–Kier alpha value is -0.340. The van der Waals surface area contributed by atoms with Gasteiger partial charge in [0.1, 0.15) is 0 Å². The molecule has 0 saturated heterocycles. The maximum Gasteiger partial charge on any atom is 0.0177 e. The first-order chi connectivity index (χ1) is 8.22. The molecule has 2 aliphatic carbocycles. The third kappa shape index (κ3) is 2.06. The molecule has 2 fully saturated rings. The Morgan fingerprint density at radius 3 is 2.82 bits per heavy atom. The molecule has 1 nitrogen and oxygen atoms in total. The molecular formula is C15H20BrN. The Balaban J connectivity index is 1.83. The van der Waals surface area contributed by atoms with Crippen molar-refractivity contribution in [3.05, 3.63) is 34.3 Å². The number of nitrogens with two attached hydrogens (primary N) is 1. The molecule has 92 valence electrons. The second-order valence-corrected chi connectivity index (χ2v) is 6.87. The summed E-state index contributed by atoms with van der Waals surface area (Å²) in [5, 5.41) is 0. The first-order valence-corrected chi connectivity index (χ1v) is 7.46.